The summed E-state index contributed by atoms with van der Waals surface area (Å²) in [7, 11) is 0. The van der Waals surface area contributed by atoms with Gasteiger partial charge in [-0.2, -0.15) is 5.10 Å². The zero-order chi connectivity index (χ0) is 18.6. The zero-order valence-corrected chi connectivity index (χ0v) is 14.8. The fraction of sp³-hybridized carbons (Fsp3) is 0.0952. The van der Waals surface area contributed by atoms with E-state index < -0.39 is 0 Å². The first-order valence-corrected chi connectivity index (χ1v) is 8.58. The van der Waals surface area contributed by atoms with Gasteiger partial charge in [0.1, 0.15) is 12.4 Å². The van der Waals surface area contributed by atoms with Gasteiger partial charge in [-0.3, -0.25) is 14.9 Å². The topological polar surface area (TPSA) is 79.9 Å². The number of ether oxygens (including phenoxy) is 1. The van der Waals surface area contributed by atoms with E-state index in [1.54, 1.807) is 12.3 Å². The van der Waals surface area contributed by atoms with Crippen LogP contribution in [0.15, 0.2) is 66.9 Å². The molecule has 134 valence electrons. The van der Waals surface area contributed by atoms with Crippen molar-refractivity contribution >= 4 is 22.5 Å². The predicted octanol–water partition coefficient (Wildman–Crippen LogP) is 4.10. The molecular weight excluding hydrogens is 340 g/mol. The van der Waals surface area contributed by atoms with E-state index in [-0.39, 0.29) is 5.91 Å². The Morgan fingerprint density at radius 1 is 1.11 bits per heavy atom. The molecule has 0 aliphatic carbocycles. The number of H-pyrrole nitrogens is 1. The van der Waals surface area contributed by atoms with Gasteiger partial charge in [-0.1, -0.05) is 23.8 Å². The van der Waals surface area contributed by atoms with E-state index >= 15 is 0 Å². The van der Waals surface area contributed by atoms with Gasteiger partial charge < -0.3 is 10.1 Å². The standard InChI is InChI=1S/C21H18N4O2/c1-14-8-9-19-18(11-14)20(25-24-19)21(26)23-15-6-4-7-17(12-15)27-13-16-5-2-3-10-22-16/h2-12H,13H2,1H3,(H,23,26)(H,24,25). The highest BCUT2D eigenvalue weighted by molar-refractivity contribution is 6.11. The van der Waals surface area contributed by atoms with Gasteiger partial charge in [-0.25, -0.2) is 0 Å². The number of fused-ring (bicyclic) bond motifs is 1. The first-order valence-electron chi connectivity index (χ1n) is 8.58. The van der Waals surface area contributed by atoms with Crippen molar-refractivity contribution in [2.75, 3.05) is 5.32 Å². The van der Waals surface area contributed by atoms with Crippen LogP contribution < -0.4 is 10.1 Å². The molecule has 6 heteroatoms. The Balaban J connectivity index is 1.49. The lowest BCUT2D eigenvalue weighted by atomic mass is 10.1. The molecule has 2 N–H and O–H groups in total. The van der Waals surface area contributed by atoms with Crippen molar-refractivity contribution in [1.29, 1.82) is 0 Å². The predicted molar refractivity (Wildman–Crippen MR) is 104 cm³/mol. The summed E-state index contributed by atoms with van der Waals surface area (Å²) in [6.07, 6.45) is 1.73. The van der Waals surface area contributed by atoms with E-state index in [0.29, 0.717) is 23.7 Å². The second kappa shape index (κ2) is 7.29. The highest BCUT2D eigenvalue weighted by Gasteiger charge is 2.14. The van der Waals surface area contributed by atoms with Gasteiger partial charge in [0.15, 0.2) is 5.69 Å². The van der Waals surface area contributed by atoms with Gasteiger partial charge in [-0.05, 0) is 43.3 Å². The highest BCUT2D eigenvalue weighted by atomic mass is 16.5. The van der Waals surface area contributed by atoms with Crippen LogP contribution in [0.5, 0.6) is 5.75 Å². The molecule has 2 aromatic heterocycles. The molecule has 0 unspecified atom stereocenters. The molecule has 0 fully saturated rings. The van der Waals surface area contributed by atoms with Crippen molar-refractivity contribution in [2.24, 2.45) is 0 Å². The number of aromatic amines is 1. The number of nitrogens with one attached hydrogen (secondary N) is 2. The number of amides is 1. The molecule has 0 aliphatic heterocycles. The molecule has 0 aliphatic rings. The molecule has 6 nitrogen and oxygen atoms in total. The van der Waals surface area contributed by atoms with Crippen LogP contribution in [0.25, 0.3) is 10.9 Å². The average Bonchev–Trinajstić information content (AvgIpc) is 3.11. The lowest BCUT2D eigenvalue weighted by molar-refractivity contribution is 0.102. The SMILES string of the molecule is Cc1ccc2[nH]nc(C(=O)Nc3cccc(OCc4ccccn4)c3)c2c1. The molecule has 0 spiro atoms. The summed E-state index contributed by atoms with van der Waals surface area (Å²) in [5.41, 5.74) is 3.75. The van der Waals surface area contributed by atoms with Crippen LogP contribution in [0.1, 0.15) is 21.7 Å². The third-order valence-electron chi connectivity index (χ3n) is 4.14. The largest absolute Gasteiger partial charge is 0.487 e. The molecule has 4 rings (SSSR count). The van der Waals surface area contributed by atoms with Crippen LogP contribution >= 0.6 is 0 Å². The molecular formula is C21H18N4O2. The summed E-state index contributed by atoms with van der Waals surface area (Å²) in [5, 5.41) is 10.7. The summed E-state index contributed by atoms with van der Waals surface area (Å²) >= 11 is 0. The van der Waals surface area contributed by atoms with Crippen LogP contribution in [0.2, 0.25) is 0 Å². The number of aromatic nitrogens is 3. The molecule has 0 saturated carbocycles. The molecule has 2 heterocycles. The van der Waals surface area contributed by atoms with Crippen molar-refractivity contribution in [2.45, 2.75) is 13.5 Å². The summed E-state index contributed by atoms with van der Waals surface area (Å²) in [6, 6.07) is 18.8. The number of hydrogen-bond acceptors (Lipinski definition) is 4. The number of benzene rings is 2. The molecule has 0 bridgehead atoms. The van der Waals surface area contributed by atoms with Crippen molar-refractivity contribution in [3.05, 3.63) is 83.8 Å². The average molecular weight is 358 g/mol. The fourth-order valence-corrected chi connectivity index (χ4v) is 2.80. The van der Waals surface area contributed by atoms with E-state index in [9.17, 15) is 4.79 Å². The fourth-order valence-electron chi connectivity index (χ4n) is 2.80. The van der Waals surface area contributed by atoms with Crippen LogP contribution in [0, 0.1) is 6.92 Å². The lowest BCUT2D eigenvalue weighted by Gasteiger charge is -2.08. The summed E-state index contributed by atoms with van der Waals surface area (Å²) in [6.45, 7) is 2.35. The van der Waals surface area contributed by atoms with Gasteiger partial charge in [0.2, 0.25) is 0 Å². The number of hydrogen-bond donors (Lipinski definition) is 2. The third kappa shape index (κ3) is 3.79. The third-order valence-corrected chi connectivity index (χ3v) is 4.14. The maximum Gasteiger partial charge on any atom is 0.276 e. The van der Waals surface area contributed by atoms with Crippen molar-refractivity contribution < 1.29 is 9.53 Å². The number of aryl methyl sites for hydroxylation is 1. The highest BCUT2D eigenvalue weighted by Crippen LogP contribution is 2.21. The van der Waals surface area contributed by atoms with Crippen molar-refractivity contribution in [1.82, 2.24) is 15.2 Å². The summed E-state index contributed by atoms with van der Waals surface area (Å²) in [4.78, 5) is 16.9. The second-order valence-corrected chi connectivity index (χ2v) is 6.21. The molecule has 0 atom stereocenters. The van der Waals surface area contributed by atoms with Gasteiger partial charge >= 0.3 is 0 Å². The second-order valence-electron chi connectivity index (χ2n) is 6.21. The maximum absolute atomic E-state index is 12.6. The van der Waals surface area contributed by atoms with Crippen LogP contribution in [0.3, 0.4) is 0 Å². The van der Waals surface area contributed by atoms with E-state index in [0.717, 1.165) is 22.2 Å². The Morgan fingerprint density at radius 3 is 2.89 bits per heavy atom. The molecule has 0 radical (unpaired) electrons. The lowest BCUT2D eigenvalue weighted by Crippen LogP contribution is -2.13. The van der Waals surface area contributed by atoms with Crippen LogP contribution in [-0.2, 0) is 6.61 Å². The smallest absolute Gasteiger partial charge is 0.276 e. The maximum atomic E-state index is 12.6. The van der Waals surface area contributed by atoms with Gasteiger partial charge in [-0.15, -0.1) is 0 Å². The number of anilines is 1. The van der Waals surface area contributed by atoms with E-state index in [1.807, 2.05) is 61.5 Å². The molecule has 0 saturated heterocycles. The Morgan fingerprint density at radius 2 is 2.04 bits per heavy atom. The number of rotatable bonds is 5. The normalized spacial score (nSPS) is 10.7. The Labute approximate surface area is 156 Å². The Bertz CT molecular complexity index is 1090. The Hall–Kier alpha value is -3.67. The Kier molecular flexibility index (Phi) is 4.53. The van der Waals surface area contributed by atoms with Crippen LogP contribution in [0.4, 0.5) is 5.69 Å². The monoisotopic (exact) mass is 358 g/mol. The quantitative estimate of drug-likeness (QED) is 0.563. The van der Waals surface area contributed by atoms with Gasteiger partial charge in [0, 0.05) is 23.3 Å². The molecule has 2 aromatic carbocycles. The minimum absolute atomic E-state index is 0.270. The van der Waals surface area contributed by atoms with Gasteiger partial charge in [0.05, 0.1) is 11.2 Å². The minimum Gasteiger partial charge on any atom is -0.487 e. The number of carbonyl (C=O) groups is 1. The first kappa shape index (κ1) is 16.8. The molecule has 1 amide bonds. The van der Waals surface area contributed by atoms with Crippen molar-refractivity contribution in [3.63, 3.8) is 0 Å². The number of pyridine rings is 1. The minimum atomic E-state index is -0.270. The van der Waals surface area contributed by atoms with Crippen LogP contribution in [-0.4, -0.2) is 21.1 Å². The summed E-state index contributed by atoms with van der Waals surface area (Å²) < 4.78 is 5.76. The van der Waals surface area contributed by atoms with E-state index in [2.05, 4.69) is 20.5 Å². The summed E-state index contributed by atoms with van der Waals surface area (Å²) in [5.74, 6) is 0.384. The number of nitrogens with zero attached hydrogens (tertiary/aromatic N) is 2. The van der Waals surface area contributed by atoms with E-state index in [1.165, 1.54) is 0 Å². The van der Waals surface area contributed by atoms with Crippen molar-refractivity contribution in [3.8, 4) is 5.75 Å². The molecule has 4 aromatic rings. The molecule has 27 heavy (non-hydrogen) atoms. The van der Waals surface area contributed by atoms with Gasteiger partial charge in [0.25, 0.3) is 5.91 Å². The number of carbonyl (C=O) groups excluding carboxylic acids is 1. The van der Waals surface area contributed by atoms with E-state index in [4.69, 9.17) is 4.74 Å². The zero-order valence-electron chi connectivity index (χ0n) is 14.8. The first-order chi connectivity index (χ1) is 13.2.